The van der Waals surface area contributed by atoms with Crippen molar-refractivity contribution in [2.24, 2.45) is 0 Å². The number of ether oxygens (including phenoxy) is 2. The number of benzene rings is 5. The largest absolute Gasteiger partial charge is 0.464 e. The van der Waals surface area contributed by atoms with Gasteiger partial charge in [0.1, 0.15) is 28.9 Å². The van der Waals surface area contributed by atoms with Crippen LogP contribution in [0.3, 0.4) is 0 Å². The topological polar surface area (TPSA) is 167 Å². The van der Waals surface area contributed by atoms with Crippen LogP contribution >= 0.6 is 0 Å². The minimum atomic E-state index is -0.448. The van der Waals surface area contributed by atoms with Crippen LogP contribution in [-0.2, 0) is 20.7 Å². The van der Waals surface area contributed by atoms with Crippen molar-refractivity contribution in [3.05, 3.63) is 137 Å². The molecule has 3 aliphatic heterocycles. The van der Waals surface area contributed by atoms with Gasteiger partial charge in [-0.05, 0) is 157 Å². The zero-order chi connectivity index (χ0) is 52.2. The molecule has 1 N–H and O–H groups in total. The van der Waals surface area contributed by atoms with E-state index in [0.29, 0.717) is 32.1 Å². The summed E-state index contributed by atoms with van der Waals surface area (Å²) >= 11 is 0. The van der Waals surface area contributed by atoms with Crippen molar-refractivity contribution in [3.8, 4) is 28.0 Å². The fourth-order valence-electron chi connectivity index (χ4n) is 13.9. The van der Waals surface area contributed by atoms with Crippen LogP contribution < -0.4 is 14.5 Å². The number of carbonyl (C=O) groups is 2. The van der Waals surface area contributed by atoms with Crippen LogP contribution in [-0.4, -0.2) is 64.8 Å². The zero-order valence-corrected chi connectivity index (χ0v) is 43.9. The molecule has 2 saturated carbocycles. The van der Waals surface area contributed by atoms with Gasteiger partial charge in [0.2, 0.25) is 18.1 Å². The Labute approximate surface area is 445 Å². The standard InChI is InChI=1S/C62H62N8O7/c1-34-59(36(3)76-65-34)39-12-23-51-48(31-39)63-61(68(51)42-14-19-45(71)20-15-42)53-25-28-56(72)67(53)44-18-27-55-41(30-44)33-58(75-55)74-46-21-16-43(17-22-46)69-52-24-13-40(60-35(2)66-77-37(60)4)32-49(52)64-62(69)54-26-29-57(73)70(54)50-11-7-9-38-8-5-6-10-47(38)50/h5-13,18,23-24,27,30-32,42-43,45-46,53-54,58,71H,14-17,19-22,25-26,28-29,33H2,1-4H3/t42-,43-,45-,46-,53-,54-,58?/m0/s1. The Balaban J connectivity index is 0.715. The van der Waals surface area contributed by atoms with E-state index in [1.807, 2.05) is 67.8 Å². The lowest BCUT2D eigenvalue weighted by Crippen LogP contribution is -2.32. The van der Waals surface area contributed by atoms with Crippen molar-refractivity contribution in [1.82, 2.24) is 29.4 Å². The normalized spacial score (nSPS) is 23.8. The molecule has 5 aromatic carbocycles. The summed E-state index contributed by atoms with van der Waals surface area (Å²) in [6, 6.07) is 33.3. The van der Waals surface area contributed by atoms with E-state index in [1.54, 1.807) is 0 Å². The molecule has 4 fully saturated rings. The van der Waals surface area contributed by atoms with Gasteiger partial charge in [0.15, 0.2) is 0 Å². The number of hydrogen-bond donors (Lipinski definition) is 1. The van der Waals surface area contributed by atoms with Gasteiger partial charge < -0.3 is 42.6 Å². The summed E-state index contributed by atoms with van der Waals surface area (Å²) in [5.74, 6) is 4.29. The van der Waals surface area contributed by atoms with E-state index in [2.05, 4.69) is 86.2 Å². The van der Waals surface area contributed by atoms with Crippen molar-refractivity contribution in [2.75, 3.05) is 9.80 Å². The molecule has 15 nitrogen and oxygen atoms in total. The summed E-state index contributed by atoms with van der Waals surface area (Å²) in [4.78, 5) is 42.9. The predicted octanol–water partition coefficient (Wildman–Crippen LogP) is 12.8. The molecule has 2 saturated heterocycles. The number of aromatic nitrogens is 6. The number of nitrogens with zero attached hydrogens (tertiary/aromatic N) is 8. The number of carbonyl (C=O) groups excluding carboxylic acids is 2. The minimum absolute atomic E-state index is 0.00815. The minimum Gasteiger partial charge on any atom is -0.464 e. The first-order valence-corrected chi connectivity index (χ1v) is 27.7. The van der Waals surface area contributed by atoms with Crippen LogP contribution in [0.25, 0.3) is 55.1 Å². The molecule has 9 aromatic rings. The highest BCUT2D eigenvalue weighted by molar-refractivity contribution is 6.05. The third-order valence-electron chi connectivity index (χ3n) is 17.5. The smallest absolute Gasteiger partial charge is 0.227 e. The fraction of sp³-hybridized carbons (Fsp3) is 0.387. The van der Waals surface area contributed by atoms with Crippen LogP contribution in [0.2, 0.25) is 0 Å². The molecule has 7 heterocycles. The van der Waals surface area contributed by atoms with Crippen LogP contribution in [0.15, 0.2) is 106 Å². The third-order valence-corrected chi connectivity index (χ3v) is 17.5. The van der Waals surface area contributed by atoms with Crippen molar-refractivity contribution in [3.63, 3.8) is 0 Å². The molecule has 5 aliphatic rings. The predicted molar refractivity (Wildman–Crippen MR) is 293 cm³/mol. The summed E-state index contributed by atoms with van der Waals surface area (Å²) in [6.07, 6.45) is 8.58. The Kier molecular flexibility index (Phi) is 11.7. The Hall–Kier alpha value is -7.62. The maximum absolute atomic E-state index is 14.1. The molecular weight excluding hydrogens is 969 g/mol. The first kappa shape index (κ1) is 47.8. The molecule has 3 atom stereocenters. The zero-order valence-electron chi connectivity index (χ0n) is 43.9. The number of aliphatic hydroxyl groups excluding tert-OH is 1. The van der Waals surface area contributed by atoms with Crippen molar-refractivity contribution < 1.29 is 33.2 Å². The molecule has 2 amide bonds. The summed E-state index contributed by atoms with van der Waals surface area (Å²) in [7, 11) is 0. The number of rotatable bonds is 10. The lowest BCUT2D eigenvalue weighted by atomic mass is 9.92. The first-order chi connectivity index (χ1) is 37.5. The molecule has 0 bridgehead atoms. The maximum Gasteiger partial charge on any atom is 0.227 e. The average molecular weight is 1030 g/mol. The van der Waals surface area contributed by atoms with E-state index in [4.69, 9.17) is 28.5 Å². The van der Waals surface area contributed by atoms with E-state index in [0.717, 1.165) is 164 Å². The van der Waals surface area contributed by atoms with E-state index in [9.17, 15) is 14.7 Å². The molecule has 1 unspecified atom stereocenters. The second kappa shape index (κ2) is 18.8. The summed E-state index contributed by atoms with van der Waals surface area (Å²) in [5, 5.41) is 21.1. The van der Waals surface area contributed by atoms with Gasteiger partial charge in [0.25, 0.3) is 0 Å². The lowest BCUT2D eigenvalue weighted by molar-refractivity contribution is -0.119. The number of aliphatic hydroxyl groups is 1. The monoisotopic (exact) mass is 1030 g/mol. The highest BCUT2D eigenvalue weighted by Crippen LogP contribution is 2.47. The fourth-order valence-corrected chi connectivity index (χ4v) is 13.9. The summed E-state index contributed by atoms with van der Waals surface area (Å²) in [6.45, 7) is 7.80. The Morgan fingerprint density at radius 3 is 1.78 bits per heavy atom. The van der Waals surface area contributed by atoms with Crippen LogP contribution in [0, 0.1) is 27.7 Å². The highest BCUT2D eigenvalue weighted by Gasteiger charge is 2.42. The van der Waals surface area contributed by atoms with Gasteiger partial charge in [0.05, 0.1) is 63.4 Å². The Morgan fingerprint density at radius 2 is 1.17 bits per heavy atom. The molecule has 0 radical (unpaired) electrons. The molecule has 15 heteroatoms. The lowest BCUT2D eigenvalue weighted by Gasteiger charge is -2.33. The van der Waals surface area contributed by atoms with Gasteiger partial charge in [-0.15, -0.1) is 0 Å². The Morgan fingerprint density at radius 1 is 0.597 bits per heavy atom. The molecule has 14 rings (SSSR count). The van der Waals surface area contributed by atoms with Crippen molar-refractivity contribution >= 4 is 56.0 Å². The van der Waals surface area contributed by atoms with Crippen molar-refractivity contribution in [1.29, 1.82) is 0 Å². The van der Waals surface area contributed by atoms with E-state index >= 15 is 0 Å². The number of amides is 2. The van der Waals surface area contributed by atoms with Gasteiger partial charge in [-0.3, -0.25) is 9.59 Å². The Bertz CT molecular complexity index is 3750. The van der Waals surface area contributed by atoms with E-state index in [1.165, 1.54) is 0 Å². The number of imidazole rings is 2. The molecule has 77 heavy (non-hydrogen) atoms. The van der Waals surface area contributed by atoms with Gasteiger partial charge in [-0.25, -0.2) is 9.97 Å². The van der Waals surface area contributed by atoms with Gasteiger partial charge in [0, 0.05) is 59.1 Å². The summed E-state index contributed by atoms with van der Waals surface area (Å²) in [5.41, 5.74) is 12.2. The van der Waals surface area contributed by atoms with Crippen molar-refractivity contribution in [2.45, 2.75) is 154 Å². The van der Waals surface area contributed by atoms with Crippen LogP contribution in [0.4, 0.5) is 11.4 Å². The maximum atomic E-state index is 14.1. The van der Waals surface area contributed by atoms with Gasteiger partial charge in [-0.1, -0.05) is 58.8 Å². The van der Waals surface area contributed by atoms with E-state index < -0.39 is 6.29 Å². The molecule has 2 aliphatic carbocycles. The second-order valence-corrected chi connectivity index (χ2v) is 22.2. The number of anilines is 2. The first-order valence-electron chi connectivity index (χ1n) is 27.7. The molecule has 0 spiro atoms. The summed E-state index contributed by atoms with van der Waals surface area (Å²) < 4.78 is 29.3. The number of aryl methyl sites for hydroxylation is 4. The number of fused-ring (bicyclic) bond motifs is 4. The van der Waals surface area contributed by atoms with Crippen LogP contribution in [0.5, 0.6) is 5.75 Å². The molecule has 392 valence electrons. The highest BCUT2D eigenvalue weighted by atomic mass is 16.7. The van der Waals surface area contributed by atoms with Gasteiger partial charge >= 0.3 is 0 Å². The van der Waals surface area contributed by atoms with Gasteiger partial charge in [-0.2, -0.15) is 0 Å². The quantitative estimate of drug-likeness (QED) is 0.138. The second-order valence-electron chi connectivity index (χ2n) is 22.2. The third kappa shape index (κ3) is 8.14. The average Bonchev–Trinajstić information content (AvgIpc) is 4.43. The SMILES string of the molecule is Cc1noc(C)c1-c1ccc2c(c1)nc([C@@H]1CCC(=O)N1c1ccc3c(c1)CC(O[C@H]1CC[C@H](n4c([C@@H]5CCC(=O)N5c5cccc6ccccc56)nc5cc(-c6c(C)noc6C)ccc54)CC1)O3)n2[C@H]1CC[C@H](O)CC1. The van der Waals surface area contributed by atoms with E-state index in [-0.39, 0.29) is 48.2 Å². The number of hydrogen-bond acceptors (Lipinski definition) is 11. The molecular formula is C62H62N8O7. The van der Waals surface area contributed by atoms with Crippen LogP contribution in [0.1, 0.15) is 141 Å². The molecule has 4 aromatic heterocycles.